The molecule has 0 aliphatic carbocycles. The lowest BCUT2D eigenvalue weighted by Gasteiger charge is -2.12. The third kappa shape index (κ3) is 3.92. The number of nitrogens with one attached hydrogen (secondary N) is 1. The number of aromatic carboxylic acids is 1. The number of carboxylic acids is 1. The summed E-state index contributed by atoms with van der Waals surface area (Å²) in [6, 6.07) is 3.53. The molecule has 1 aromatic carbocycles. The number of carboxylic acid groups (broad SMARTS) is 1. The van der Waals surface area contributed by atoms with Gasteiger partial charge in [0.15, 0.2) is 0 Å². The zero-order valence-corrected chi connectivity index (χ0v) is 12.0. The van der Waals surface area contributed by atoms with Crippen molar-refractivity contribution in [3.63, 3.8) is 0 Å². The van der Waals surface area contributed by atoms with Gasteiger partial charge in [0.05, 0.1) is 18.1 Å². The van der Waals surface area contributed by atoms with Crippen LogP contribution in [0.5, 0.6) is 5.75 Å². The van der Waals surface area contributed by atoms with Crippen LogP contribution in [0.4, 0.5) is 0 Å². The van der Waals surface area contributed by atoms with Gasteiger partial charge in [-0.3, -0.25) is 0 Å². The highest BCUT2D eigenvalue weighted by Gasteiger charge is 2.19. The largest absolute Gasteiger partial charge is 0.496 e. The fraction of sp³-hybridized carbons (Fsp3) is 0.417. The average Bonchev–Trinajstić information content (AvgIpc) is 2.43. The highest BCUT2D eigenvalue weighted by molar-refractivity contribution is 7.89. The minimum atomic E-state index is -3.88. The van der Waals surface area contributed by atoms with Crippen molar-refractivity contribution in [2.75, 3.05) is 13.7 Å². The van der Waals surface area contributed by atoms with Crippen molar-refractivity contribution in [2.45, 2.75) is 24.3 Å². The molecule has 0 aliphatic heterocycles. The van der Waals surface area contributed by atoms with Gasteiger partial charge >= 0.3 is 5.97 Å². The molecule has 20 heavy (non-hydrogen) atoms. The van der Waals surface area contributed by atoms with Crippen molar-refractivity contribution in [3.05, 3.63) is 23.8 Å². The first-order chi connectivity index (χ1) is 9.31. The van der Waals surface area contributed by atoms with E-state index in [2.05, 4.69) is 4.72 Å². The smallest absolute Gasteiger partial charge is 0.339 e. The average molecular weight is 303 g/mol. The summed E-state index contributed by atoms with van der Waals surface area (Å²) in [5, 5.41) is 18.4. The molecule has 0 aliphatic rings. The molecule has 7 nitrogen and oxygen atoms in total. The fourth-order valence-electron chi connectivity index (χ4n) is 1.45. The Labute approximate surface area is 117 Å². The quantitative estimate of drug-likeness (QED) is 0.674. The minimum absolute atomic E-state index is 0.0741. The number of hydrogen-bond acceptors (Lipinski definition) is 5. The fourth-order valence-corrected chi connectivity index (χ4v) is 2.55. The Hall–Kier alpha value is -1.64. The molecule has 112 valence electrons. The topological polar surface area (TPSA) is 113 Å². The lowest BCUT2D eigenvalue weighted by molar-refractivity contribution is 0.0693. The highest BCUT2D eigenvalue weighted by atomic mass is 32.2. The van der Waals surface area contributed by atoms with E-state index in [0.717, 1.165) is 6.07 Å². The van der Waals surface area contributed by atoms with Crippen molar-refractivity contribution in [1.82, 2.24) is 4.72 Å². The Morgan fingerprint density at radius 1 is 1.45 bits per heavy atom. The second-order valence-electron chi connectivity index (χ2n) is 4.08. The van der Waals surface area contributed by atoms with Gasteiger partial charge in [0.1, 0.15) is 11.3 Å². The van der Waals surface area contributed by atoms with Gasteiger partial charge in [0, 0.05) is 6.54 Å². The molecule has 0 aromatic heterocycles. The van der Waals surface area contributed by atoms with Crippen LogP contribution in [0.25, 0.3) is 0 Å². The van der Waals surface area contributed by atoms with Gasteiger partial charge in [-0.05, 0) is 24.6 Å². The van der Waals surface area contributed by atoms with E-state index in [1.807, 2.05) is 0 Å². The second-order valence-corrected chi connectivity index (χ2v) is 5.85. The first-order valence-electron chi connectivity index (χ1n) is 5.91. The molecule has 1 aromatic rings. The number of aliphatic hydroxyl groups excluding tert-OH is 1. The maximum atomic E-state index is 12.0. The molecule has 0 fully saturated rings. The first kappa shape index (κ1) is 16.4. The Kier molecular flexibility index (Phi) is 5.49. The van der Waals surface area contributed by atoms with Crippen molar-refractivity contribution in [1.29, 1.82) is 0 Å². The first-order valence-corrected chi connectivity index (χ1v) is 7.39. The van der Waals surface area contributed by atoms with Gasteiger partial charge in [-0.1, -0.05) is 6.92 Å². The lowest BCUT2D eigenvalue weighted by atomic mass is 10.2. The van der Waals surface area contributed by atoms with E-state index in [-0.39, 0.29) is 22.8 Å². The van der Waals surface area contributed by atoms with Gasteiger partial charge in [-0.25, -0.2) is 17.9 Å². The number of sulfonamides is 1. The predicted octanol–water partition coefficient (Wildman–Crippen LogP) is 0.443. The Bertz CT molecular complexity index is 584. The summed E-state index contributed by atoms with van der Waals surface area (Å²) in [4.78, 5) is 10.8. The summed E-state index contributed by atoms with van der Waals surface area (Å²) < 4.78 is 31.0. The third-order valence-electron chi connectivity index (χ3n) is 2.69. The number of aliphatic hydroxyl groups is 1. The Balaban J connectivity index is 3.07. The van der Waals surface area contributed by atoms with Gasteiger partial charge in [-0.2, -0.15) is 0 Å². The van der Waals surface area contributed by atoms with Crippen molar-refractivity contribution in [3.8, 4) is 5.75 Å². The van der Waals surface area contributed by atoms with E-state index in [1.165, 1.54) is 19.2 Å². The lowest BCUT2D eigenvalue weighted by Crippen LogP contribution is -2.31. The summed E-state index contributed by atoms with van der Waals surface area (Å²) in [6.45, 7) is 1.59. The van der Waals surface area contributed by atoms with Crippen LogP contribution in [-0.2, 0) is 10.0 Å². The van der Waals surface area contributed by atoms with Gasteiger partial charge < -0.3 is 14.9 Å². The minimum Gasteiger partial charge on any atom is -0.496 e. The van der Waals surface area contributed by atoms with Crippen LogP contribution in [0.15, 0.2) is 23.1 Å². The molecule has 3 N–H and O–H groups in total. The van der Waals surface area contributed by atoms with Crippen molar-refractivity contribution >= 4 is 16.0 Å². The molecule has 0 amide bonds. The van der Waals surface area contributed by atoms with Crippen molar-refractivity contribution < 1.29 is 28.2 Å². The predicted molar refractivity (Wildman–Crippen MR) is 71.4 cm³/mol. The van der Waals surface area contributed by atoms with E-state index >= 15 is 0 Å². The third-order valence-corrected chi connectivity index (χ3v) is 4.11. The molecular weight excluding hydrogens is 286 g/mol. The van der Waals surface area contributed by atoms with E-state index in [9.17, 15) is 18.3 Å². The molecule has 8 heteroatoms. The summed E-state index contributed by atoms with van der Waals surface area (Å²) >= 11 is 0. The molecular formula is C12H17NO6S. The normalized spacial score (nSPS) is 12.9. The second kappa shape index (κ2) is 6.69. The standard InChI is InChI=1S/C12H17NO6S/c1-3-8(14)7-13-20(17,18)9-4-5-11(19-2)10(6-9)12(15)16/h4-6,8,13-14H,3,7H2,1-2H3,(H,15,16). The van der Waals surface area contributed by atoms with Gasteiger partial charge in [0.25, 0.3) is 0 Å². The molecule has 0 spiro atoms. The van der Waals surface area contributed by atoms with Gasteiger partial charge in [-0.15, -0.1) is 0 Å². The molecule has 1 rings (SSSR count). The number of methoxy groups -OCH3 is 1. The Morgan fingerprint density at radius 3 is 2.60 bits per heavy atom. The van der Waals surface area contributed by atoms with Crippen LogP contribution in [0.1, 0.15) is 23.7 Å². The van der Waals surface area contributed by atoms with E-state index < -0.39 is 22.1 Å². The van der Waals surface area contributed by atoms with Crippen LogP contribution < -0.4 is 9.46 Å². The molecule has 0 saturated carbocycles. The van der Waals surface area contributed by atoms with Crippen LogP contribution in [0, 0.1) is 0 Å². The molecule has 1 atom stereocenters. The summed E-state index contributed by atoms with van der Waals surface area (Å²) in [7, 11) is -2.58. The van der Waals surface area contributed by atoms with E-state index in [0.29, 0.717) is 6.42 Å². The van der Waals surface area contributed by atoms with E-state index in [4.69, 9.17) is 9.84 Å². The number of rotatable bonds is 7. The molecule has 0 bridgehead atoms. The molecule has 0 radical (unpaired) electrons. The van der Waals surface area contributed by atoms with Crippen LogP contribution in [0.2, 0.25) is 0 Å². The number of ether oxygens (including phenoxy) is 1. The zero-order chi connectivity index (χ0) is 15.3. The summed E-state index contributed by atoms with van der Waals surface area (Å²) in [6.07, 6.45) is -0.382. The number of benzene rings is 1. The Morgan fingerprint density at radius 2 is 2.10 bits per heavy atom. The van der Waals surface area contributed by atoms with Crippen LogP contribution in [0.3, 0.4) is 0 Å². The SMILES string of the molecule is CCC(O)CNS(=O)(=O)c1ccc(OC)c(C(=O)O)c1. The zero-order valence-electron chi connectivity index (χ0n) is 11.2. The molecule has 1 unspecified atom stereocenters. The molecule has 0 saturated heterocycles. The van der Waals surface area contributed by atoms with E-state index in [1.54, 1.807) is 6.92 Å². The molecule has 0 heterocycles. The maximum absolute atomic E-state index is 12.0. The highest BCUT2D eigenvalue weighted by Crippen LogP contribution is 2.22. The number of hydrogen-bond donors (Lipinski definition) is 3. The number of carbonyl (C=O) groups is 1. The maximum Gasteiger partial charge on any atom is 0.339 e. The summed E-state index contributed by atoms with van der Waals surface area (Å²) in [5.74, 6) is -1.21. The van der Waals surface area contributed by atoms with Crippen LogP contribution >= 0.6 is 0 Å². The van der Waals surface area contributed by atoms with Gasteiger partial charge in [0.2, 0.25) is 10.0 Å². The van der Waals surface area contributed by atoms with Crippen LogP contribution in [-0.4, -0.2) is 44.4 Å². The monoisotopic (exact) mass is 303 g/mol. The van der Waals surface area contributed by atoms with Crippen molar-refractivity contribution in [2.24, 2.45) is 0 Å². The summed E-state index contributed by atoms with van der Waals surface area (Å²) in [5.41, 5.74) is -0.244.